The van der Waals surface area contributed by atoms with Gasteiger partial charge in [0.25, 0.3) is 0 Å². The minimum atomic E-state index is -3.55. The third kappa shape index (κ3) is 2.79. The van der Waals surface area contributed by atoms with E-state index in [1.165, 1.54) is 9.15 Å². The summed E-state index contributed by atoms with van der Waals surface area (Å²) < 4.78 is 32.0. The van der Waals surface area contributed by atoms with Gasteiger partial charge in [-0.15, -0.1) is 5.10 Å². The molecule has 22 heavy (non-hydrogen) atoms. The van der Waals surface area contributed by atoms with E-state index in [1.807, 2.05) is 13.8 Å². The lowest BCUT2D eigenvalue weighted by Gasteiger charge is -2.26. The maximum absolute atomic E-state index is 12.7. The Balaban J connectivity index is 1.99. The lowest BCUT2D eigenvalue weighted by atomic mass is 10.3. The summed E-state index contributed by atoms with van der Waals surface area (Å²) >= 11 is 0. The normalized spacial score (nSPS) is 17.2. The lowest BCUT2D eigenvalue weighted by Crippen LogP contribution is -2.40. The second kappa shape index (κ2) is 5.82. The Morgan fingerprint density at radius 2 is 2.00 bits per heavy atom. The Bertz CT molecular complexity index is 765. The molecule has 2 aromatic rings. The van der Waals surface area contributed by atoms with Crippen molar-refractivity contribution in [2.75, 3.05) is 26.3 Å². The van der Waals surface area contributed by atoms with Crippen molar-refractivity contribution >= 4 is 21.1 Å². The molecular weight excluding hydrogens is 308 g/mol. The van der Waals surface area contributed by atoms with Gasteiger partial charge in [0.1, 0.15) is 17.1 Å². The fourth-order valence-corrected chi connectivity index (χ4v) is 3.68. The van der Waals surface area contributed by atoms with Crippen molar-refractivity contribution in [3.63, 3.8) is 0 Å². The van der Waals surface area contributed by atoms with Gasteiger partial charge in [0.15, 0.2) is 0 Å². The molecule has 1 aliphatic rings. The number of benzene rings is 1. The van der Waals surface area contributed by atoms with Crippen LogP contribution in [0.1, 0.15) is 13.8 Å². The largest absolute Gasteiger partial charge is 0.392 e. The van der Waals surface area contributed by atoms with Crippen molar-refractivity contribution in [3.8, 4) is 0 Å². The third-order valence-electron chi connectivity index (χ3n) is 3.31. The van der Waals surface area contributed by atoms with Gasteiger partial charge in [-0.05, 0) is 37.3 Å². The zero-order chi connectivity index (χ0) is 15.7. The fraction of sp³-hybridized carbons (Fsp3) is 0.538. The highest BCUT2D eigenvalue weighted by atomic mass is 32.2. The van der Waals surface area contributed by atoms with Crippen molar-refractivity contribution in [2.45, 2.75) is 24.8 Å². The van der Waals surface area contributed by atoms with Crippen LogP contribution in [0, 0.1) is 0 Å². The summed E-state index contributed by atoms with van der Waals surface area (Å²) in [5.74, 6) is 0. The summed E-state index contributed by atoms with van der Waals surface area (Å²) in [6, 6.07) is 4.72. The number of sulfonamides is 1. The monoisotopic (exact) mass is 326 g/mol. The van der Waals surface area contributed by atoms with Gasteiger partial charge < -0.3 is 9.57 Å². The molecule has 0 aliphatic carbocycles. The quantitative estimate of drug-likeness (QED) is 0.802. The summed E-state index contributed by atoms with van der Waals surface area (Å²) in [4.78, 5) is 6.96. The van der Waals surface area contributed by atoms with Crippen molar-refractivity contribution in [2.24, 2.45) is 0 Å². The smallest absolute Gasteiger partial charge is 0.243 e. The number of hydrogen-bond donors (Lipinski definition) is 0. The Morgan fingerprint density at radius 1 is 1.27 bits per heavy atom. The molecule has 0 N–H and O–H groups in total. The first-order chi connectivity index (χ1) is 10.5. The summed E-state index contributed by atoms with van der Waals surface area (Å²) in [7, 11) is -3.55. The Labute approximate surface area is 128 Å². The maximum atomic E-state index is 12.7. The van der Waals surface area contributed by atoms with Crippen LogP contribution in [0.2, 0.25) is 0 Å². The van der Waals surface area contributed by atoms with Crippen LogP contribution >= 0.6 is 0 Å². The average molecular weight is 326 g/mol. The highest BCUT2D eigenvalue weighted by Crippen LogP contribution is 2.21. The predicted octanol–water partition coefficient (Wildman–Crippen LogP) is 0.289. The molecule has 9 heteroatoms. The summed E-state index contributed by atoms with van der Waals surface area (Å²) in [6.07, 6.45) is -0.0931. The van der Waals surface area contributed by atoms with E-state index in [4.69, 9.17) is 9.57 Å². The van der Waals surface area contributed by atoms with E-state index in [2.05, 4.69) is 10.3 Å². The molecule has 0 unspecified atom stereocenters. The van der Waals surface area contributed by atoms with Crippen molar-refractivity contribution in [1.82, 2.24) is 19.5 Å². The van der Waals surface area contributed by atoms with E-state index in [9.17, 15) is 8.42 Å². The molecular formula is C13H18N4O4S. The molecule has 120 valence electrons. The highest BCUT2D eigenvalue weighted by Gasteiger charge is 2.27. The standard InChI is InChI=1S/C13H18N4O4S/c1-10(2)21-17-13-9-11(3-4-12(13)14-15-17)22(18,19)16-5-7-20-8-6-16/h3-4,9-10H,5-8H2,1-2H3. The molecule has 1 saturated heterocycles. The van der Waals surface area contributed by atoms with Gasteiger partial charge in [0.05, 0.1) is 18.1 Å². The van der Waals surface area contributed by atoms with Crippen LogP contribution in [0.4, 0.5) is 0 Å². The van der Waals surface area contributed by atoms with Gasteiger partial charge in [-0.1, -0.05) is 4.85 Å². The molecule has 0 radical (unpaired) electrons. The number of aromatic nitrogens is 3. The van der Waals surface area contributed by atoms with E-state index >= 15 is 0 Å². The molecule has 8 nitrogen and oxygen atoms in total. The van der Waals surface area contributed by atoms with Crippen LogP contribution in [0.15, 0.2) is 23.1 Å². The van der Waals surface area contributed by atoms with Gasteiger partial charge in [-0.25, -0.2) is 8.42 Å². The maximum Gasteiger partial charge on any atom is 0.243 e. The van der Waals surface area contributed by atoms with E-state index in [1.54, 1.807) is 18.2 Å². The van der Waals surface area contributed by atoms with Crippen LogP contribution in [0.25, 0.3) is 11.0 Å². The molecule has 0 bridgehead atoms. The van der Waals surface area contributed by atoms with Crippen molar-refractivity contribution < 1.29 is 18.0 Å². The zero-order valence-electron chi connectivity index (χ0n) is 12.5. The molecule has 1 aliphatic heterocycles. The third-order valence-corrected chi connectivity index (χ3v) is 5.20. The first-order valence-electron chi connectivity index (χ1n) is 7.09. The number of ether oxygens (including phenoxy) is 1. The van der Waals surface area contributed by atoms with Gasteiger partial charge >= 0.3 is 0 Å². The van der Waals surface area contributed by atoms with Gasteiger partial charge in [-0.2, -0.15) is 4.31 Å². The van der Waals surface area contributed by atoms with Crippen molar-refractivity contribution in [3.05, 3.63) is 18.2 Å². The highest BCUT2D eigenvalue weighted by molar-refractivity contribution is 7.89. The van der Waals surface area contributed by atoms with Crippen LogP contribution in [0.5, 0.6) is 0 Å². The minimum absolute atomic E-state index is 0.0931. The second-order valence-corrected chi connectivity index (χ2v) is 7.22. The second-order valence-electron chi connectivity index (χ2n) is 5.28. The van der Waals surface area contributed by atoms with E-state index < -0.39 is 10.0 Å². The first-order valence-corrected chi connectivity index (χ1v) is 8.53. The lowest BCUT2D eigenvalue weighted by molar-refractivity contribution is 0.0407. The van der Waals surface area contributed by atoms with Crippen LogP contribution in [-0.4, -0.2) is 60.3 Å². The van der Waals surface area contributed by atoms with E-state index in [0.29, 0.717) is 37.3 Å². The van der Waals surface area contributed by atoms with Gasteiger partial charge in [0.2, 0.25) is 10.0 Å². The van der Waals surface area contributed by atoms with Gasteiger partial charge in [-0.3, -0.25) is 0 Å². The Morgan fingerprint density at radius 3 is 2.68 bits per heavy atom. The molecule has 1 aromatic heterocycles. The first kappa shape index (κ1) is 15.2. The number of nitrogens with zero attached hydrogens (tertiary/aromatic N) is 4. The predicted molar refractivity (Wildman–Crippen MR) is 78.8 cm³/mol. The summed E-state index contributed by atoms with van der Waals surface area (Å²) in [6.45, 7) is 5.28. The minimum Gasteiger partial charge on any atom is -0.392 e. The molecule has 0 amide bonds. The molecule has 2 heterocycles. The van der Waals surface area contributed by atoms with Crippen molar-refractivity contribution in [1.29, 1.82) is 0 Å². The van der Waals surface area contributed by atoms with E-state index in [0.717, 1.165) is 0 Å². The number of rotatable bonds is 4. The Hall–Kier alpha value is -1.71. The molecule has 0 atom stereocenters. The molecule has 0 saturated carbocycles. The summed E-state index contributed by atoms with van der Waals surface area (Å²) in [5.41, 5.74) is 1.12. The average Bonchev–Trinajstić information content (AvgIpc) is 2.90. The van der Waals surface area contributed by atoms with E-state index in [-0.39, 0.29) is 11.0 Å². The molecule has 0 spiro atoms. The van der Waals surface area contributed by atoms with Crippen LogP contribution in [-0.2, 0) is 14.8 Å². The molecule has 3 rings (SSSR count). The SMILES string of the molecule is CC(C)On1nnc2ccc(S(=O)(=O)N3CCOCC3)cc21. The molecule has 1 aromatic carbocycles. The number of morpholine rings is 1. The zero-order valence-corrected chi connectivity index (χ0v) is 13.3. The van der Waals surface area contributed by atoms with Crippen LogP contribution in [0.3, 0.4) is 0 Å². The summed E-state index contributed by atoms with van der Waals surface area (Å²) in [5, 5.41) is 7.85. The Kier molecular flexibility index (Phi) is 4.02. The topological polar surface area (TPSA) is 86.5 Å². The number of fused-ring (bicyclic) bond motifs is 1. The van der Waals surface area contributed by atoms with Crippen LogP contribution < -0.4 is 4.84 Å². The molecule has 1 fully saturated rings. The number of hydrogen-bond acceptors (Lipinski definition) is 6. The fourth-order valence-electron chi connectivity index (χ4n) is 2.25. The van der Waals surface area contributed by atoms with Gasteiger partial charge in [0, 0.05) is 13.1 Å².